The van der Waals surface area contributed by atoms with E-state index in [1.165, 1.54) is 26.2 Å². The summed E-state index contributed by atoms with van der Waals surface area (Å²) in [5.41, 5.74) is 5.45. The minimum absolute atomic E-state index is 0. The summed E-state index contributed by atoms with van der Waals surface area (Å²) < 4.78 is 30.7. The van der Waals surface area contributed by atoms with Crippen molar-refractivity contribution in [3.8, 4) is 5.75 Å². The highest BCUT2D eigenvalue weighted by atomic mass is 35.5. The minimum atomic E-state index is -3.40. The van der Waals surface area contributed by atoms with Crippen LogP contribution in [0.15, 0.2) is 18.2 Å². The molecule has 22 heavy (non-hydrogen) atoms. The monoisotopic (exact) mass is 351 g/mol. The van der Waals surface area contributed by atoms with Gasteiger partial charge in [-0.25, -0.2) is 8.42 Å². The van der Waals surface area contributed by atoms with Crippen molar-refractivity contribution in [1.82, 2.24) is 0 Å². The number of sulfonamides is 1. The molecule has 126 valence electrons. The van der Waals surface area contributed by atoms with Crippen LogP contribution in [-0.2, 0) is 14.8 Å². The van der Waals surface area contributed by atoms with Crippen LogP contribution in [0, 0.1) is 0 Å². The SMILES string of the molecule is CCS(=O)(=O)Nc1ccc(NC(=O)C(C)(C)N)cc1OC.Cl. The molecule has 1 rings (SSSR count). The number of halogens is 1. The number of nitrogens with one attached hydrogen (secondary N) is 2. The molecule has 0 aromatic heterocycles. The molecule has 4 N–H and O–H groups in total. The van der Waals surface area contributed by atoms with E-state index in [1.807, 2.05) is 0 Å². The molecule has 9 heteroatoms. The Morgan fingerprint density at radius 3 is 2.41 bits per heavy atom. The number of rotatable bonds is 6. The van der Waals surface area contributed by atoms with Gasteiger partial charge in [0.2, 0.25) is 15.9 Å². The maximum absolute atomic E-state index is 11.8. The normalized spacial score (nSPS) is 11.3. The van der Waals surface area contributed by atoms with Crippen LogP contribution >= 0.6 is 12.4 Å². The van der Waals surface area contributed by atoms with Crippen LogP contribution in [0.4, 0.5) is 11.4 Å². The summed E-state index contributed by atoms with van der Waals surface area (Å²) in [5, 5.41) is 2.64. The van der Waals surface area contributed by atoms with Crippen LogP contribution in [0.3, 0.4) is 0 Å². The van der Waals surface area contributed by atoms with Gasteiger partial charge in [0.1, 0.15) is 5.75 Å². The van der Waals surface area contributed by atoms with E-state index in [1.54, 1.807) is 19.9 Å². The number of hydrogen-bond acceptors (Lipinski definition) is 5. The Kier molecular flexibility index (Phi) is 7.14. The molecular weight excluding hydrogens is 330 g/mol. The third-order valence-electron chi connectivity index (χ3n) is 2.69. The van der Waals surface area contributed by atoms with Crippen LogP contribution in [-0.4, -0.2) is 32.7 Å². The summed E-state index contributed by atoms with van der Waals surface area (Å²) in [4.78, 5) is 11.8. The van der Waals surface area contributed by atoms with Crippen LogP contribution < -0.4 is 20.5 Å². The van der Waals surface area contributed by atoms with E-state index in [-0.39, 0.29) is 24.1 Å². The Morgan fingerprint density at radius 1 is 1.36 bits per heavy atom. The molecule has 0 bridgehead atoms. The highest BCUT2D eigenvalue weighted by molar-refractivity contribution is 7.92. The highest BCUT2D eigenvalue weighted by Gasteiger charge is 2.22. The maximum atomic E-state index is 11.8. The summed E-state index contributed by atoms with van der Waals surface area (Å²) in [6, 6.07) is 4.61. The highest BCUT2D eigenvalue weighted by Crippen LogP contribution is 2.29. The van der Waals surface area contributed by atoms with Crippen molar-refractivity contribution in [3.05, 3.63) is 18.2 Å². The number of amides is 1. The standard InChI is InChI=1S/C13H21N3O4S.ClH/c1-5-21(18,19)16-10-7-6-9(8-11(10)20-4)15-12(17)13(2,3)14;/h6-8,16H,5,14H2,1-4H3,(H,15,17);1H. The molecule has 0 saturated heterocycles. The van der Waals surface area contributed by atoms with E-state index in [4.69, 9.17) is 10.5 Å². The second-order valence-corrected chi connectivity index (χ2v) is 7.11. The van der Waals surface area contributed by atoms with Gasteiger partial charge in [0, 0.05) is 11.8 Å². The number of hydrogen-bond donors (Lipinski definition) is 3. The Balaban J connectivity index is 0.00000441. The van der Waals surface area contributed by atoms with E-state index in [0.717, 1.165) is 0 Å². The fourth-order valence-electron chi connectivity index (χ4n) is 1.39. The molecule has 0 heterocycles. The number of benzene rings is 1. The van der Waals surface area contributed by atoms with E-state index < -0.39 is 15.6 Å². The van der Waals surface area contributed by atoms with Gasteiger partial charge in [0.15, 0.2) is 0 Å². The Morgan fingerprint density at radius 2 is 1.95 bits per heavy atom. The summed E-state index contributed by atoms with van der Waals surface area (Å²) in [5.74, 6) is -0.0955. The smallest absolute Gasteiger partial charge is 0.243 e. The largest absolute Gasteiger partial charge is 0.494 e. The summed E-state index contributed by atoms with van der Waals surface area (Å²) in [7, 11) is -1.99. The molecule has 0 saturated carbocycles. The third kappa shape index (κ3) is 5.70. The summed E-state index contributed by atoms with van der Waals surface area (Å²) >= 11 is 0. The van der Waals surface area contributed by atoms with Crippen molar-refractivity contribution in [2.24, 2.45) is 5.73 Å². The number of methoxy groups -OCH3 is 1. The Labute approximate surface area is 137 Å². The van der Waals surface area contributed by atoms with E-state index in [2.05, 4.69) is 10.0 Å². The van der Waals surface area contributed by atoms with Crippen molar-refractivity contribution >= 4 is 39.7 Å². The lowest BCUT2D eigenvalue weighted by molar-refractivity contribution is -0.120. The van der Waals surface area contributed by atoms with Crippen molar-refractivity contribution < 1.29 is 17.9 Å². The summed E-state index contributed by atoms with van der Waals surface area (Å²) in [6.45, 7) is 4.71. The molecule has 0 aliphatic carbocycles. The first-order valence-corrected chi connectivity index (χ1v) is 8.03. The van der Waals surface area contributed by atoms with Gasteiger partial charge in [0.25, 0.3) is 0 Å². The van der Waals surface area contributed by atoms with Crippen LogP contribution in [0.25, 0.3) is 0 Å². The molecule has 0 aliphatic heterocycles. The molecular formula is C13H22ClN3O4S. The predicted octanol–water partition coefficient (Wildman–Crippen LogP) is 1.55. The number of ether oxygens (including phenoxy) is 1. The van der Waals surface area contributed by atoms with E-state index in [0.29, 0.717) is 17.1 Å². The van der Waals surface area contributed by atoms with Crippen molar-refractivity contribution in [2.75, 3.05) is 22.9 Å². The minimum Gasteiger partial charge on any atom is -0.494 e. The van der Waals surface area contributed by atoms with Crippen LogP contribution in [0.1, 0.15) is 20.8 Å². The van der Waals surface area contributed by atoms with Gasteiger partial charge in [-0.05, 0) is 32.9 Å². The first kappa shape index (κ1) is 20.5. The lowest BCUT2D eigenvalue weighted by atomic mass is 10.1. The predicted molar refractivity (Wildman–Crippen MR) is 90.2 cm³/mol. The zero-order chi connectivity index (χ0) is 16.3. The van der Waals surface area contributed by atoms with E-state index in [9.17, 15) is 13.2 Å². The van der Waals surface area contributed by atoms with Crippen LogP contribution in [0.2, 0.25) is 0 Å². The molecule has 0 fully saturated rings. The lowest BCUT2D eigenvalue weighted by Crippen LogP contribution is -2.45. The second-order valence-electron chi connectivity index (χ2n) is 5.10. The summed E-state index contributed by atoms with van der Waals surface area (Å²) in [6.07, 6.45) is 0. The van der Waals surface area contributed by atoms with Gasteiger partial charge in [-0.1, -0.05) is 0 Å². The molecule has 0 radical (unpaired) electrons. The number of nitrogens with two attached hydrogens (primary N) is 1. The Hall–Kier alpha value is -1.51. The molecule has 0 spiro atoms. The zero-order valence-corrected chi connectivity index (χ0v) is 14.6. The maximum Gasteiger partial charge on any atom is 0.243 e. The van der Waals surface area contributed by atoms with Crippen molar-refractivity contribution in [1.29, 1.82) is 0 Å². The molecule has 0 aliphatic rings. The zero-order valence-electron chi connectivity index (χ0n) is 13.0. The lowest BCUT2D eigenvalue weighted by Gasteiger charge is -2.18. The van der Waals surface area contributed by atoms with Gasteiger partial charge in [-0.15, -0.1) is 12.4 Å². The molecule has 1 aromatic carbocycles. The molecule has 1 amide bonds. The fourth-order valence-corrected chi connectivity index (χ4v) is 2.03. The first-order chi connectivity index (χ1) is 9.59. The average molecular weight is 352 g/mol. The Bertz CT molecular complexity index is 627. The van der Waals surface area contributed by atoms with Gasteiger partial charge >= 0.3 is 0 Å². The van der Waals surface area contributed by atoms with Crippen molar-refractivity contribution in [2.45, 2.75) is 26.3 Å². The fraction of sp³-hybridized carbons (Fsp3) is 0.462. The second kappa shape index (κ2) is 7.66. The number of anilines is 2. The van der Waals surface area contributed by atoms with Gasteiger partial charge in [0.05, 0.1) is 24.1 Å². The van der Waals surface area contributed by atoms with Crippen LogP contribution in [0.5, 0.6) is 5.75 Å². The van der Waals surface area contributed by atoms with E-state index >= 15 is 0 Å². The number of carbonyl (C=O) groups excluding carboxylic acids is 1. The average Bonchev–Trinajstić information content (AvgIpc) is 2.39. The first-order valence-electron chi connectivity index (χ1n) is 6.38. The van der Waals surface area contributed by atoms with Crippen molar-refractivity contribution in [3.63, 3.8) is 0 Å². The molecule has 0 unspecified atom stereocenters. The third-order valence-corrected chi connectivity index (χ3v) is 3.98. The molecule has 7 nitrogen and oxygen atoms in total. The topological polar surface area (TPSA) is 111 Å². The van der Waals surface area contributed by atoms with Gasteiger partial charge < -0.3 is 15.8 Å². The van der Waals surface area contributed by atoms with Gasteiger partial charge in [-0.2, -0.15) is 0 Å². The van der Waals surface area contributed by atoms with Gasteiger partial charge in [-0.3, -0.25) is 9.52 Å². The molecule has 1 aromatic rings. The molecule has 0 atom stereocenters. The number of carbonyl (C=O) groups is 1. The quantitative estimate of drug-likeness (QED) is 0.720.